The van der Waals surface area contributed by atoms with Gasteiger partial charge < -0.3 is 20.1 Å². The largest absolute Gasteiger partial charge is 0.481 e. The summed E-state index contributed by atoms with van der Waals surface area (Å²) >= 11 is 0. The maximum Gasteiger partial charge on any atom is 0.213 e. The molecule has 0 spiro atoms. The Kier molecular flexibility index (Phi) is 7.34. The predicted octanol–water partition coefficient (Wildman–Crippen LogP) is 0.792. The molecule has 6 nitrogen and oxygen atoms in total. The third-order valence-electron chi connectivity index (χ3n) is 2.47. The number of aromatic nitrogens is 1. The highest BCUT2D eigenvalue weighted by molar-refractivity contribution is 5.79. The second-order valence-corrected chi connectivity index (χ2v) is 3.87. The fraction of sp³-hybridized carbons (Fsp3) is 0.538. The Morgan fingerprint density at radius 2 is 2.16 bits per heavy atom. The molecule has 0 aliphatic carbocycles. The van der Waals surface area contributed by atoms with Crippen molar-refractivity contribution in [2.45, 2.75) is 13.0 Å². The number of nitrogens with one attached hydrogen (secondary N) is 2. The Balaban J connectivity index is 2.36. The molecule has 0 fully saturated rings. The van der Waals surface area contributed by atoms with E-state index in [1.165, 1.54) is 0 Å². The van der Waals surface area contributed by atoms with E-state index in [2.05, 4.69) is 20.6 Å². The van der Waals surface area contributed by atoms with Gasteiger partial charge in [0.2, 0.25) is 5.88 Å². The van der Waals surface area contributed by atoms with Gasteiger partial charge >= 0.3 is 0 Å². The highest BCUT2D eigenvalue weighted by Crippen LogP contribution is 2.05. The lowest BCUT2D eigenvalue weighted by molar-refractivity contribution is 0.195. The van der Waals surface area contributed by atoms with Crippen molar-refractivity contribution < 1.29 is 9.47 Å². The van der Waals surface area contributed by atoms with E-state index in [9.17, 15) is 0 Å². The average molecular weight is 266 g/mol. The molecule has 1 aromatic rings. The Labute approximate surface area is 114 Å². The summed E-state index contributed by atoms with van der Waals surface area (Å²) < 4.78 is 10.1. The fourth-order valence-corrected chi connectivity index (χ4v) is 1.49. The standard InChI is InChI=1S/C13H22N4O2/c1-14-13(15-8-5-9-18-2)16-10-11-6-4-7-12(17-11)19-3/h4,6-7H,5,8-10H2,1-3H3,(H2,14,15,16). The molecule has 0 amide bonds. The zero-order valence-corrected chi connectivity index (χ0v) is 11.8. The summed E-state index contributed by atoms with van der Waals surface area (Å²) in [7, 11) is 5.04. The van der Waals surface area contributed by atoms with Gasteiger partial charge in [0.05, 0.1) is 19.3 Å². The van der Waals surface area contributed by atoms with Crippen molar-refractivity contribution in [1.29, 1.82) is 0 Å². The van der Waals surface area contributed by atoms with Crippen molar-refractivity contribution in [2.24, 2.45) is 4.99 Å². The second-order valence-electron chi connectivity index (χ2n) is 3.87. The Morgan fingerprint density at radius 3 is 2.84 bits per heavy atom. The van der Waals surface area contributed by atoms with Crippen LogP contribution in [-0.4, -0.2) is 45.4 Å². The summed E-state index contributed by atoms with van der Waals surface area (Å²) in [5.74, 6) is 1.36. The molecule has 1 heterocycles. The molecule has 0 radical (unpaired) electrons. The van der Waals surface area contributed by atoms with Crippen LogP contribution >= 0.6 is 0 Å². The molecule has 0 saturated heterocycles. The number of ether oxygens (including phenoxy) is 2. The van der Waals surface area contributed by atoms with Crippen LogP contribution in [0.3, 0.4) is 0 Å². The molecule has 19 heavy (non-hydrogen) atoms. The SMILES string of the molecule is CN=C(NCCCOC)NCc1cccc(OC)n1. The molecule has 0 saturated carbocycles. The minimum Gasteiger partial charge on any atom is -0.481 e. The molecule has 2 N–H and O–H groups in total. The normalized spacial score (nSPS) is 11.2. The predicted molar refractivity (Wildman–Crippen MR) is 75.5 cm³/mol. The van der Waals surface area contributed by atoms with Crippen LogP contribution in [0, 0.1) is 0 Å². The van der Waals surface area contributed by atoms with E-state index in [4.69, 9.17) is 9.47 Å². The number of methoxy groups -OCH3 is 2. The van der Waals surface area contributed by atoms with Crippen LogP contribution < -0.4 is 15.4 Å². The number of hydrogen-bond acceptors (Lipinski definition) is 4. The molecular formula is C13H22N4O2. The van der Waals surface area contributed by atoms with Gasteiger partial charge in [-0.15, -0.1) is 0 Å². The van der Waals surface area contributed by atoms with Gasteiger partial charge in [0.25, 0.3) is 0 Å². The lowest BCUT2D eigenvalue weighted by Gasteiger charge is -2.11. The molecule has 0 unspecified atom stereocenters. The first-order chi connectivity index (χ1) is 9.30. The van der Waals surface area contributed by atoms with E-state index in [0.29, 0.717) is 12.4 Å². The Hall–Kier alpha value is -1.82. The maximum absolute atomic E-state index is 5.08. The zero-order valence-electron chi connectivity index (χ0n) is 11.8. The van der Waals surface area contributed by atoms with E-state index >= 15 is 0 Å². The van der Waals surface area contributed by atoms with E-state index in [-0.39, 0.29) is 0 Å². The highest BCUT2D eigenvalue weighted by Gasteiger charge is 2.00. The summed E-state index contributed by atoms with van der Waals surface area (Å²) in [6.45, 7) is 2.15. The number of nitrogens with zero attached hydrogens (tertiary/aromatic N) is 2. The topological polar surface area (TPSA) is 67.8 Å². The molecule has 1 rings (SSSR count). The lowest BCUT2D eigenvalue weighted by atomic mass is 10.3. The molecule has 6 heteroatoms. The summed E-state index contributed by atoms with van der Waals surface area (Å²) in [5.41, 5.74) is 0.902. The van der Waals surface area contributed by atoms with Crippen LogP contribution in [0.4, 0.5) is 0 Å². The van der Waals surface area contributed by atoms with Gasteiger partial charge in [0.15, 0.2) is 5.96 Å². The van der Waals surface area contributed by atoms with Crippen molar-refractivity contribution in [3.8, 4) is 5.88 Å². The molecular weight excluding hydrogens is 244 g/mol. The van der Waals surface area contributed by atoms with Gasteiger partial charge in [-0.3, -0.25) is 4.99 Å². The first-order valence-electron chi connectivity index (χ1n) is 6.23. The van der Waals surface area contributed by atoms with Crippen LogP contribution in [0.2, 0.25) is 0 Å². The van der Waals surface area contributed by atoms with Gasteiger partial charge in [0, 0.05) is 33.4 Å². The molecule has 0 aromatic carbocycles. The summed E-state index contributed by atoms with van der Waals surface area (Å²) in [6, 6.07) is 5.67. The first kappa shape index (κ1) is 15.2. The quantitative estimate of drug-likeness (QED) is 0.434. The van der Waals surface area contributed by atoms with Crippen LogP contribution in [0.1, 0.15) is 12.1 Å². The number of aliphatic imine (C=N–C) groups is 1. The van der Waals surface area contributed by atoms with Crippen LogP contribution in [0.5, 0.6) is 5.88 Å². The van der Waals surface area contributed by atoms with Gasteiger partial charge in [-0.2, -0.15) is 0 Å². The third kappa shape index (κ3) is 6.05. The zero-order chi connectivity index (χ0) is 13.9. The van der Waals surface area contributed by atoms with Crippen LogP contribution in [-0.2, 0) is 11.3 Å². The van der Waals surface area contributed by atoms with Gasteiger partial charge in [-0.05, 0) is 12.5 Å². The monoisotopic (exact) mass is 266 g/mol. The van der Waals surface area contributed by atoms with E-state index in [0.717, 1.165) is 31.2 Å². The van der Waals surface area contributed by atoms with Gasteiger partial charge in [-0.1, -0.05) is 6.07 Å². The Bertz CT molecular complexity index is 396. The average Bonchev–Trinajstić information content (AvgIpc) is 2.47. The van der Waals surface area contributed by atoms with E-state index in [1.54, 1.807) is 21.3 Å². The van der Waals surface area contributed by atoms with Gasteiger partial charge in [-0.25, -0.2) is 4.98 Å². The first-order valence-corrected chi connectivity index (χ1v) is 6.23. The number of pyridine rings is 1. The van der Waals surface area contributed by atoms with Crippen molar-refractivity contribution in [3.63, 3.8) is 0 Å². The second kappa shape index (κ2) is 9.16. The minimum atomic E-state index is 0.598. The highest BCUT2D eigenvalue weighted by atomic mass is 16.5. The van der Waals surface area contributed by atoms with Crippen molar-refractivity contribution in [2.75, 3.05) is 34.4 Å². The van der Waals surface area contributed by atoms with Crippen molar-refractivity contribution in [1.82, 2.24) is 15.6 Å². The fourth-order valence-electron chi connectivity index (χ4n) is 1.49. The molecule has 0 atom stereocenters. The van der Waals surface area contributed by atoms with Crippen molar-refractivity contribution >= 4 is 5.96 Å². The van der Waals surface area contributed by atoms with E-state index in [1.807, 2.05) is 18.2 Å². The molecule has 0 bridgehead atoms. The molecule has 1 aromatic heterocycles. The Morgan fingerprint density at radius 1 is 1.32 bits per heavy atom. The molecule has 0 aliphatic rings. The van der Waals surface area contributed by atoms with Crippen LogP contribution in [0.25, 0.3) is 0 Å². The maximum atomic E-state index is 5.08. The third-order valence-corrected chi connectivity index (χ3v) is 2.47. The summed E-state index contributed by atoms with van der Waals surface area (Å²) in [5, 5.41) is 6.40. The number of guanidine groups is 1. The van der Waals surface area contributed by atoms with Crippen LogP contribution in [0.15, 0.2) is 23.2 Å². The smallest absolute Gasteiger partial charge is 0.213 e. The number of rotatable bonds is 7. The molecule has 106 valence electrons. The van der Waals surface area contributed by atoms with E-state index < -0.39 is 0 Å². The lowest BCUT2D eigenvalue weighted by Crippen LogP contribution is -2.37. The molecule has 0 aliphatic heterocycles. The van der Waals surface area contributed by atoms with Gasteiger partial charge in [0.1, 0.15) is 0 Å². The minimum absolute atomic E-state index is 0.598. The van der Waals surface area contributed by atoms with Crippen molar-refractivity contribution in [3.05, 3.63) is 23.9 Å². The number of hydrogen-bond donors (Lipinski definition) is 2. The summed E-state index contributed by atoms with van der Waals surface area (Å²) in [6.07, 6.45) is 0.939. The summed E-state index contributed by atoms with van der Waals surface area (Å²) in [4.78, 5) is 8.46.